The van der Waals surface area contributed by atoms with E-state index in [0.29, 0.717) is 6.42 Å². The molecule has 2 heteroatoms. The highest BCUT2D eigenvalue weighted by atomic mass is 16.6. The fourth-order valence-electron chi connectivity index (χ4n) is 3.80. The molecule has 2 aromatic carbocycles. The van der Waals surface area contributed by atoms with E-state index in [2.05, 4.69) is 38.1 Å². The summed E-state index contributed by atoms with van der Waals surface area (Å²) in [7, 11) is 0. The van der Waals surface area contributed by atoms with Crippen LogP contribution in [0.3, 0.4) is 0 Å². The van der Waals surface area contributed by atoms with Crippen LogP contribution >= 0.6 is 0 Å². The minimum atomic E-state index is -0.504. The van der Waals surface area contributed by atoms with Gasteiger partial charge >= 0.3 is 0 Å². The van der Waals surface area contributed by atoms with E-state index < -0.39 is 11.7 Å². The fraction of sp³-hybridized carbons (Fsp3) is 0.400. The van der Waals surface area contributed by atoms with Gasteiger partial charge < -0.3 is 9.84 Å². The molecular formula is C20H24O2. The highest BCUT2D eigenvalue weighted by Crippen LogP contribution is 2.60. The topological polar surface area (TPSA) is 29.5 Å². The van der Waals surface area contributed by atoms with Gasteiger partial charge in [0.05, 0.1) is 12.2 Å². The Hall–Kier alpha value is -1.64. The molecular weight excluding hydrogens is 272 g/mol. The van der Waals surface area contributed by atoms with Crippen molar-refractivity contribution < 1.29 is 9.84 Å². The molecule has 0 aromatic heterocycles. The molecule has 1 aliphatic rings. The van der Waals surface area contributed by atoms with E-state index in [0.717, 1.165) is 11.1 Å². The second-order valence-corrected chi connectivity index (χ2v) is 6.65. The van der Waals surface area contributed by atoms with Gasteiger partial charge in [0, 0.05) is 5.41 Å². The van der Waals surface area contributed by atoms with Crippen molar-refractivity contribution in [3.63, 3.8) is 0 Å². The number of ether oxygens (including phenoxy) is 1. The van der Waals surface area contributed by atoms with Gasteiger partial charge in [-0.25, -0.2) is 0 Å². The quantitative estimate of drug-likeness (QED) is 0.919. The third kappa shape index (κ3) is 2.02. The summed E-state index contributed by atoms with van der Waals surface area (Å²) in [6.45, 7) is 6.38. The summed E-state index contributed by atoms with van der Waals surface area (Å²) in [5, 5.41) is 10.3. The zero-order chi connectivity index (χ0) is 15.8. The summed E-state index contributed by atoms with van der Waals surface area (Å²) in [6, 6.07) is 20.7. The summed E-state index contributed by atoms with van der Waals surface area (Å²) in [4.78, 5) is 0. The standard InChI is InChI=1S/C20H24O2/c1-4-17(21)18-19(2,3)20(22-18,15-11-7-5-8-12-15)16-13-9-6-10-14-16/h5-14,17-18,21H,4H2,1-3H3/t17-,18-/m1/s1. The van der Waals surface area contributed by atoms with Crippen LogP contribution in [0.25, 0.3) is 0 Å². The zero-order valence-corrected chi connectivity index (χ0v) is 13.5. The lowest BCUT2D eigenvalue weighted by Gasteiger charge is -2.63. The summed E-state index contributed by atoms with van der Waals surface area (Å²) < 4.78 is 6.42. The van der Waals surface area contributed by atoms with Crippen molar-refractivity contribution in [3.8, 4) is 0 Å². The van der Waals surface area contributed by atoms with E-state index in [1.807, 2.05) is 43.3 Å². The Morgan fingerprint density at radius 1 is 0.955 bits per heavy atom. The molecule has 3 rings (SSSR count). The molecule has 0 bridgehead atoms. The lowest BCUT2D eigenvalue weighted by Crippen LogP contribution is -2.68. The molecule has 1 fully saturated rings. The Morgan fingerprint density at radius 3 is 1.77 bits per heavy atom. The van der Waals surface area contributed by atoms with Crippen LogP contribution in [0, 0.1) is 5.41 Å². The lowest BCUT2D eigenvalue weighted by atomic mass is 9.58. The molecule has 2 aromatic rings. The van der Waals surface area contributed by atoms with Gasteiger partial charge in [-0.05, 0) is 17.5 Å². The Kier molecular flexibility index (Phi) is 3.84. The average Bonchev–Trinajstić information content (AvgIpc) is 2.56. The maximum Gasteiger partial charge on any atom is 0.126 e. The largest absolute Gasteiger partial charge is 0.390 e. The molecule has 2 atom stereocenters. The molecule has 1 N–H and O–H groups in total. The normalized spacial score (nSPS) is 23.5. The number of aliphatic hydroxyl groups is 1. The molecule has 0 spiro atoms. The van der Waals surface area contributed by atoms with Crippen LogP contribution in [-0.2, 0) is 10.3 Å². The van der Waals surface area contributed by atoms with Crippen molar-refractivity contribution >= 4 is 0 Å². The molecule has 0 unspecified atom stereocenters. The monoisotopic (exact) mass is 296 g/mol. The predicted octanol–water partition coefficient (Wildman–Crippen LogP) is 4.13. The van der Waals surface area contributed by atoms with Crippen molar-refractivity contribution in [2.45, 2.75) is 45.0 Å². The Balaban J connectivity index is 2.12. The third-order valence-corrected chi connectivity index (χ3v) is 5.05. The molecule has 116 valence electrons. The second-order valence-electron chi connectivity index (χ2n) is 6.65. The van der Waals surface area contributed by atoms with Gasteiger partial charge in [-0.2, -0.15) is 0 Å². The van der Waals surface area contributed by atoms with Crippen molar-refractivity contribution in [3.05, 3.63) is 71.8 Å². The Labute approximate surface area is 132 Å². The first-order chi connectivity index (χ1) is 10.5. The first-order valence-corrected chi connectivity index (χ1v) is 8.01. The third-order valence-electron chi connectivity index (χ3n) is 5.05. The van der Waals surface area contributed by atoms with Crippen LogP contribution in [0.2, 0.25) is 0 Å². The van der Waals surface area contributed by atoms with Crippen LogP contribution < -0.4 is 0 Å². The number of aliphatic hydroxyl groups excluding tert-OH is 1. The highest BCUT2D eigenvalue weighted by Gasteiger charge is 2.64. The van der Waals surface area contributed by atoms with Gasteiger partial charge in [0.1, 0.15) is 5.60 Å². The first-order valence-electron chi connectivity index (χ1n) is 8.01. The summed E-state index contributed by atoms with van der Waals surface area (Å²) in [6.07, 6.45) is 0.113. The summed E-state index contributed by atoms with van der Waals surface area (Å²) in [5.41, 5.74) is 1.60. The highest BCUT2D eigenvalue weighted by molar-refractivity contribution is 5.42. The van der Waals surface area contributed by atoms with Crippen molar-refractivity contribution in [2.75, 3.05) is 0 Å². The van der Waals surface area contributed by atoms with Gasteiger partial charge in [-0.1, -0.05) is 81.4 Å². The number of hydrogen-bond acceptors (Lipinski definition) is 2. The minimum Gasteiger partial charge on any atom is -0.390 e. The van der Waals surface area contributed by atoms with E-state index in [1.165, 1.54) is 0 Å². The SMILES string of the molecule is CC[C@@H](O)[C@H]1OC(c2ccccc2)(c2ccccc2)C1(C)C. The molecule has 1 heterocycles. The molecule has 1 saturated heterocycles. The Morgan fingerprint density at radius 2 is 1.41 bits per heavy atom. The number of benzene rings is 2. The van der Waals surface area contributed by atoms with Gasteiger partial charge in [0.2, 0.25) is 0 Å². The molecule has 0 aliphatic carbocycles. The molecule has 0 radical (unpaired) electrons. The van der Waals surface area contributed by atoms with Gasteiger partial charge in [-0.15, -0.1) is 0 Å². The maximum absolute atomic E-state index is 10.3. The predicted molar refractivity (Wildman–Crippen MR) is 88.6 cm³/mol. The van der Waals surface area contributed by atoms with Gasteiger partial charge in [-0.3, -0.25) is 0 Å². The van der Waals surface area contributed by atoms with Crippen LogP contribution in [-0.4, -0.2) is 17.3 Å². The zero-order valence-electron chi connectivity index (χ0n) is 13.5. The van der Waals surface area contributed by atoms with Crippen LogP contribution in [0.15, 0.2) is 60.7 Å². The van der Waals surface area contributed by atoms with E-state index in [1.54, 1.807) is 0 Å². The van der Waals surface area contributed by atoms with E-state index >= 15 is 0 Å². The molecule has 0 saturated carbocycles. The van der Waals surface area contributed by atoms with E-state index in [9.17, 15) is 5.11 Å². The average molecular weight is 296 g/mol. The lowest BCUT2D eigenvalue weighted by molar-refractivity contribution is -0.320. The molecule has 2 nitrogen and oxygen atoms in total. The van der Waals surface area contributed by atoms with Crippen molar-refractivity contribution in [1.82, 2.24) is 0 Å². The Bertz CT molecular complexity index is 579. The fourth-order valence-corrected chi connectivity index (χ4v) is 3.80. The molecule has 0 amide bonds. The van der Waals surface area contributed by atoms with Gasteiger partial charge in [0.25, 0.3) is 0 Å². The van der Waals surface area contributed by atoms with Crippen LogP contribution in [0.4, 0.5) is 0 Å². The van der Waals surface area contributed by atoms with Gasteiger partial charge in [0.15, 0.2) is 0 Å². The minimum absolute atomic E-state index is 0.155. The van der Waals surface area contributed by atoms with E-state index in [4.69, 9.17) is 4.74 Å². The van der Waals surface area contributed by atoms with Crippen LogP contribution in [0.5, 0.6) is 0 Å². The number of hydrogen-bond donors (Lipinski definition) is 1. The first kappa shape index (κ1) is 15.3. The van der Waals surface area contributed by atoms with Crippen molar-refractivity contribution in [2.24, 2.45) is 5.41 Å². The van der Waals surface area contributed by atoms with Crippen molar-refractivity contribution in [1.29, 1.82) is 0 Å². The smallest absolute Gasteiger partial charge is 0.126 e. The molecule has 1 aliphatic heterocycles. The maximum atomic E-state index is 10.3. The second kappa shape index (κ2) is 5.53. The summed E-state index contributed by atoms with van der Waals surface area (Å²) >= 11 is 0. The van der Waals surface area contributed by atoms with E-state index in [-0.39, 0.29) is 11.5 Å². The van der Waals surface area contributed by atoms with Crippen LogP contribution in [0.1, 0.15) is 38.3 Å². The number of rotatable bonds is 4. The molecule has 22 heavy (non-hydrogen) atoms. The summed E-state index contributed by atoms with van der Waals surface area (Å²) in [5.74, 6) is 0.